The number of anilines is 2. The molecule has 0 bridgehead atoms. The van der Waals surface area contributed by atoms with Gasteiger partial charge in [-0.15, -0.1) is 0 Å². The second-order valence-corrected chi connectivity index (χ2v) is 6.94. The average Bonchev–Trinajstić information content (AvgIpc) is 2.61. The van der Waals surface area contributed by atoms with E-state index in [1.807, 2.05) is 20.8 Å². The normalized spacial score (nSPS) is 10.8. The molecule has 0 unspecified atom stereocenters. The molecule has 0 aliphatic heterocycles. The molecule has 7 nitrogen and oxygen atoms in total. The van der Waals surface area contributed by atoms with Gasteiger partial charge in [-0.3, -0.25) is 9.59 Å². The highest BCUT2D eigenvalue weighted by atomic mass is 16.5. The smallest absolute Gasteiger partial charge is 0.341 e. The van der Waals surface area contributed by atoms with E-state index in [1.165, 1.54) is 0 Å². The molecule has 0 spiro atoms. The number of nitrogens with one attached hydrogen (secondary N) is 2. The monoisotopic (exact) mass is 370 g/mol. The van der Waals surface area contributed by atoms with Crippen LogP contribution in [0.2, 0.25) is 0 Å². The molecule has 0 aromatic heterocycles. The van der Waals surface area contributed by atoms with Gasteiger partial charge in [-0.2, -0.15) is 0 Å². The van der Waals surface area contributed by atoms with Crippen molar-refractivity contribution in [3.63, 3.8) is 0 Å². The van der Waals surface area contributed by atoms with Crippen LogP contribution in [0.1, 0.15) is 31.1 Å². The van der Waals surface area contributed by atoms with Crippen LogP contribution in [0.3, 0.4) is 0 Å². The van der Waals surface area contributed by atoms with Gasteiger partial charge in [-0.05, 0) is 48.5 Å². The molecular weight excluding hydrogens is 348 g/mol. The first-order chi connectivity index (χ1) is 12.6. The summed E-state index contributed by atoms with van der Waals surface area (Å²) >= 11 is 0. The van der Waals surface area contributed by atoms with Gasteiger partial charge in [0.2, 0.25) is 5.91 Å². The van der Waals surface area contributed by atoms with Crippen LogP contribution in [0.5, 0.6) is 5.75 Å². The number of aliphatic carboxylic acids is 1. The third-order valence-electron chi connectivity index (χ3n) is 3.56. The van der Waals surface area contributed by atoms with Gasteiger partial charge >= 0.3 is 5.97 Å². The fourth-order valence-corrected chi connectivity index (χ4v) is 2.01. The van der Waals surface area contributed by atoms with Crippen molar-refractivity contribution < 1.29 is 24.2 Å². The van der Waals surface area contributed by atoms with Gasteiger partial charge in [0.05, 0.1) is 0 Å². The maximum absolute atomic E-state index is 12.3. The average molecular weight is 370 g/mol. The van der Waals surface area contributed by atoms with Gasteiger partial charge in [0, 0.05) is 22.4 Å². The van der Waals surface area contributed by atoms with E-state index in [1.54, 1.807) is 48.5 Å². The summed E-state index contributed by atoms with van der Waals surface area (Å²) < 4.78 is 5.03. The first-order valence-electron chi connectivity index (χ1n) is 8.33. The number of hydrogen-bond acceptors (Lipinski definition) is 4. The zero-order chi connectivity index (χ0) is 20.0. The predicted molar refractivity (Wildman–Crippen MR) is 102 cm³/mol. The number of hydrogen-bond donors (Lipinski definition) is 3. The molecule has 3 N–H and O–H groups in total. The molecule has 0 saturated carbocycles. The Morgan fingerprint density at radius 1 is 0.889 bits per heavy atom. The number of carboxylic acids is 1. The number of amides is 2. The van der Waals surface area contributed by atoms with Crippen LogP contribution < -0.4 is 15.4 Å². The van der Waals surface area contributed by atoms with Crippen molar-refractivity contribution >= 4 is 29.2 Å². The third kappa shape index (κ3) is 6.14. The second-order valence-electron chi connectivity index (χ2n) is 6.94. The molecule has 0 atom stereocenters. The lowest BCUT2D eigenvalue weighted by molar-refractivity contribution is -0.139. The van der Waals surface area contributed by atoms with Crippen LogP contribution >= 0.6 is 0 Å². The minimum atomic E-state index is -1.06. The summed E-state index contributed by atoms with van der Waals surface area (Å²) in [7, 11) is 0. The van der Waals surface area contributed by atoms with Gasteiger partial charge in [0.15, 0.2) is 6.61 Å². The van der Waals surface area contributed by atoms with E-state index in [0.717, 1.165) is 0 Å². The van der Waals surface area contributed by atoms with Gasteiger partial charge in [-0.1, -0.05) is 20.8 Å². The highest BCUT2D eigenvalue weighted by Crippen LogP contribution is 2.19. The maximum atomic E-state index is 12.3. The lowest BCUT2D eigenvalue weighted by Gasteiger charge is -2.17. The first-order valence-corrected chi connectivity index (χ1v) is 8.33. The van der Waals surface area contributed by atoms with Gasteiger partial charge in [0.25, 0.3) is 5.91 Å². The topological polar surface area (TPSA) is 105 Å². The molecule has 2 amide bonds. The number of carbonyl (C=O) groups excluding carboxylic acids is 2. The van der Waals surface area contributed by atoms with Crippen molar-refractivity contribution in [2.75, 3.05) is 17.2 Å². The van der Waals surface area contributed by atoms with Crippen molar-refractivity contribution in [3.8, 4) is 5.75 Å². The minimum Gasteiger partial charge on any atom is -0.482 e. The lowest BCUT2D eigenvalue weighted by Crippen LogP contribution is -2.27. The van der Waals surface area contributed by atoms with Crippen molar-refractivity contribution in [1.82, 2.24) is 0 Å². The Kier molecular flexibility index (Phi) is 6.18. The Bertz CT molecular complexity index is 821. The van der Waals surface area contributed by atoms with Crippen LogP contribution in [-0.2, 0) is 9.59 Å². The Hall–Kier alpha value is -3.35. The Morgan fingerprint density at radius 2 is 1.41 bits per heavy atom. The quantitative estimate of drug-likeness (QED) is 0.723. The molecule has 0 fully saturated rings. The summed E-state index contributed by atoms with van der Waals surface area (Å²) in [5.41, 5.74) is 1.10. The maximum Gasteiger partial charge on any atom is 0.341 e. The molecule has 27 heavy (non-hydrogen) atoms. The summed E-state index contributed by atoms with van der Waals surface area (Å²) in [5.74, 6) is -1.07. The Morgan fingerprint density at radius 3 is 1.93 bits per heavy atom. The molecule has 7 heteroatoms. The molecule has 0 saturated heterocycles. The van der Waals surface area contributed by atoms with Crippen LogP contribution in [0.4, 0.5) is 11.4 Å². The standard InChI is InChI=1S/C20H22N2O5/c1-20(2,3)19(26)22-15-6-4-13(5-7-15)18(25)21-14-8-10-16(11-9-14)27-12-17(23)24/h4-11H,12H2,1-3H3,(H,21,25)(H,22,26)(H,23,24). The molecule has 2 aromatic rings. The first kappa shape index (κ1) is 20.0. The van der Waals surface area contributed by atoms with Gasteiger partial charge < -0.3 is 20.5 Å². The van der Waals surface area contributed by atoms with Crippen LogP contribution in [0.25, 0.3) is 0 Å². The van der Waals surface area contributed by atoms with E-state index in [9.17, 15) is 14.4 Å². The molecule has 142 valence electrons. The Balaban J connectivity index is 1.95. The lowest BCUT2D eigenvalue weighted by atomic mass is 9.95. The molecule has 0 aliphatic rings. The summed E-state index contributed by atoms with van der Waals surface area (Å²) in [6.07, 6.45) is 0. The summed E-state index contributed by atoms with van der Waals surface area (Å²) in [5, 5.41) is 14.1. The van der Waals surface area contributed by atoms with E-state index in [0.29, 0.717) is 22.7 Å². The summed E-state index contributed by atoms with van der Waals surface area (Å²) in [4.78, 5) is 34.7. The molecule has 0 heterocycles. The van der Waals surface area contributed by atoms with Gasteiger partial charge in [-0.25, -0.2) is 4.79 Å². The number of carbonyl (C=O) groups is 3. The zero-order valence-corrected chi connectivity index (χ0v) is 15.4. The van der Waals surface area contributed by atoms with Crippen LogP contribution in [-0.4, -0.2) is 29.5 Å². The van der Waals surface area contributed by atoms with Crippen LogP contribution in [0.15, 0.2) is 48.5 Å². The van der Waals surface area contributed by atoms with E-state index in [2.05, 4.69) is 10.6 Å². The second kappa shape index (κ2) is 8.35. The summed E-state index contributed by atoms with van der Waals surface area (Å²) in [6, 6.07) is 13.0. The minimum absolute atomic E-state index is 0.107. The van der Waals surface area contributed by atoms with E-state index in [-0.39, 0.29) is 11.8 Å². The van der Waals surface area contributed by atoms with Gasteiger partial charge in [0.1, 0.15) is 5.75 Å². The van der Waals surface area contributed by atoms with E-state index < -0.39 is 18.0 Å². The number of ether oxygens (including phenoxy) is 1. The summed E-state index contributed by atoms with van der Waals surface area (Å²) in [6.45, 7) is 5.04. The van der Waals surface area contributed by atoms with Crippen molar-refractivity contribution in [1.29, 1.82) is 0 Å². The SMILES string of the molecule is CC(C)(C)C(=O)Nc1ccc(C(=O)Nc2ccc(OCC(=O)O)cc2)cc1. The zero-order valence-electron chi connectivity index (χ0n) is 15.4. The molecule has 0 radical (unpaired) electrons. The van der Waals surface area contributed by atoms with Crippen LogP contribution in [0, 0.1) is 5.41 Å². The van der Waals surface area contributed by atoms with E-state index >= 15 is 0 Å². The molecular formula is C20H22N2O5. The van der Waals surface area contributed by atoms with Crippen molar-refractivity contribution in [3.05, 3.63) is 54.1 Å². The Labute approximate surface area is 157 Å². The highest BCUT2D eigenvalue weighted by molar-refractivity contribution is 6.04. The number of benzene rings is 2. The largest absolute Gasteiger partial charge is 0.482 e. The highest BCUT2D eigenvalue weighted by Gasteiger charge is 2.21. The third-order valence-corrected chi connectivity index (χ3v) is 3.56. The van der Waals surface area contributed by atoms with Crippen molar-refractivity contribution in [2.45, 2.75) is 20.8 Å². The molecule has 0 aliphatic carbocycles. The van der Waals surface area contributed by atoms with E-state index in [4.69, 9.17) is 9.84 Å². The fraction of sp³-hybridized carbons (Fsp3) is 0.250. The fourth-order valence-electron chi connectivity index (χ4n) is 2.01. The van der Waals surface area contributed by atoms with Crippen molar-refractivity contribution in [2.24, 2.45) is 5.41 Å². The number of carboxylic acid groups (broad SMARTS) is 1. The molecule has 2 rings (SSSR count). The molecule has 2 aromatic carbocycles. The number of rotatable bonds is 6. The predicted octanol–water partition coefficient (Wildman–Crippen LogP) is 3.39.